The van der Waals surface area contributed by atoms with Gasteiger partial charge in [0.15, 0.2) is 0 Å². The molecule has 434 valence electrons. The van der Waals surface area contributed by atoms with Gasteiger partial charge in [-0.1, -0.05) is 39.5 Å². The molecule has 0 aliphatic rings. The van der Waals surface area contributed by atoms with E-state index in [9.17, 15) is 28.8 Å². The average Bonchev–Trinajstić information content (AvgIpc) is 3.38. The molecule has 0 aromatic heterocycles. The van der Waals surface area contributed by atoms with Crippen molar-refractivity contribution < 1.29 is 75.3 Å². The molecule has 3 aromatic rings. The van der Waals surface area contributed by atoms with Gasteiger partial charge in [0.1, 0.15) is 17.2 Å². The summed E-state index contributed by atoms with van der Waals surface area (Å²) < 4.78 is 70.7. The van der Waals surface area contributed by atoms with E-state index in [0.717, 1.165) is 16.7 Å². The lowest BCUT2D eigenvalue weighted by Crippen LogP contribution is -2.18. The zero-order chi connectivity index (χ0) is 60.7. The van der Waals surface area contributed by atoms with Gasteiger partial charge in [-0.2, -0.15) is 4.57 Å². The first-order valence-electron chi connectivity index (χ1n) is 26.3. The number of carbonyl (C=O) groups is 6. The van der Waals surface area contributed by atoms with E-state index in [0.29, 0.717) is 66.8 Å². The lowest BCUT2D eigenvalue weighted by atomic mass is 9.89. The van der Waals surface area contributed by atoms with Crippen LogP contribution in [0.3, 0.4) is 0 Å². The van der Waals surface area contributed by atoms with Crippen molar-refractivity contribution in [2.75, 3.05) is 39.6 Å². The van der Waals surface area contributed by atoms with Gasteiger partial charge in [0.25, 0.3) is 0 Å². The van der Waals surface area contributed by atoms with Crippen LogP contribution in [0.4, 0.5) is 0 Å². The molecule has 0 atom stereocenters. The van der Waals surface area contributed by atoms with Gasteiger partial charge in [0.05, 0.1) is 39.6 Å². The van der Waals surface area contributed by atoms with Crippen molar-refractivity contribution in [2.24, 2.45) is 0 Å². The number of phosphoric acid groups is 1. The fraction of sp³-hybridized carbons (Fsp3) is 0.429. The Morgan fingerprint density at radius 1 is 0.287 bits per heavy atom. The predicted molar refractivity (Wildman–Crippen MR) is 308 cm³/mol. The molecule has 0 aliphatic heterocycles. The maximum Gasteiger partial charge on any atom is 0.647 e. The summed E-state index contributed by atoms with van der Waals surface area (Å²) in [7, 11) is -5.12. The van der Waals surface area contributed by atoms with Gasteiger partial charge in [0, 0.05) is 72.0 Å². The van der Waals surface area contributed by atoms with Crippen molar-refractivity contribution in [3.63, 3.8) is 0 Å². The Balaban J connectivity index is 2.57. The van der Waals surface area contributed by atoms with Gasteiger partial charge in [-0.3, -0.25) is 0 Å². The maximum atomic E-state index is 16.7. The summed E-state index contributed by atoms with van der Waals surface area (Å²) in [6, 6.07) is 0. The summed E-state index contributed by atoms with van der Waals surface area (Å²) in [5.41, 5.74) is 10.7. The zero-order valence-corrected chi connectivity index (χ0v) is 50.6. The maximum absolute atomic E-state index is 16.7. The van der Waals surface area contributed by atoms with Gasteiger partial charge in [0.2, 0.25) is 0 Å². The molecule has 0 bridgehead atoms. The third-order valence-electron chi connectivity index (χ3n) is 13.7. The highest BCUT2D eigenvalue weighted by Crippen LogP contribution is 2.56. The summed E-state index contributed by atoms with van der Waals surface area (Å²) in [4.78, 5) is 75.7. The summed E-state index contributed by atoms with van der Waals surface area (Å²) in [6.45, 7) is 47.4. The number of carbonyl (C=O) groups excluding carboxylic acids is 6. The summed E-state index contributed by atoms with van der Waals surface area (Å²) in [5.74, 6) is -3.21. The lowest BCUT2D eigenvalue weighted by molar-refractivity contribution is -0.139. The standard InChI is InChI=1S/C63H81O16P/c1-34(2)58(64)71-28-22-49-40(13)50(23-29-72-59(65)35(3)4)44(17)55(43(49)16)77-80(70,78-56-45(18)51(24-30-73-60(66)36(5)6)41(14)52(46(56)19)25-31-74-61(67)37(7)8)79-57-47(20)53(26-32-75-62(68)38(9)10)42(15)54(48(57)21)27-33-76-63(69)39(11)12/h1,3,5,7,9,11,22-33H2,2,4,6,8,10,12-21H3. The Bertz CT molecular complexity index is 2580. The largest absolute Gasteiger partial charge is 0.647 e. The molecule has 0 heterocycles. The van der Waals surface area contributed by atoms with Gasteiger partial charge < -0.3 is 42.0 Å². The summed E-state index contributed by atoms with van der Waals surface area (Å²) in [5, 5.41) is 0. The van der Waals surface area contributed by atoms with Crippen LogP contribution in [-0.4, -0.2) is 75.5 Å². The first-order chi connectivity index (χ1) is 37.3. The lowest BCUT2D eigenvalue weighted by Gasteiger charge is -2.29. The highest BCUT2D eigenvalue weighted by Gasteiger charge is 2.39. The van der Waals surface area contributed by atoms with Crippen molar-refractivity contribution in [1.82, 2.24) is 0 Å². The molecule has 16 nitrogen and oxygen atoms in total. The van der Waals surface area contributed by atoms with E-state index < -0.39 is 43.6 Å². The molecule has 3 aromatic carbocycles. The van der Waals surface area contributed by atoms with E-state index in [-0.39, 0.29) is 129 Å². The minimum atomic E-state index is -5.12. The normalized spacial score (nSPS) is 10.9. The Morgan fingerprint density at radius 2 is 0.425 bits per heavy atom. The van der Waals surface area contributed by atoms with E-state index in [1.807, 2.05) is 20.8 Å². The minimum absolute atomic E-state index is 0.0576. The third-order valence-corrected chi connectivity index (χ3v) is 14.9. The number of phosphoric ester groups is 1. The van der Waals surface area contributed by atoms with Crippen LogP contribution in [0, 0.1) is 62.3 Å². The van der Waals surface area contributed by atoms with Gasteiger partial charge in [-0.25, -0.2) is 28.8 Å². The van der Waals surface area contributed by atoms with E-state index in [1.165, 1.54) is 0 Å². The van der Waals surface area contributed by atoms with Gasteiger partial charge >= 0.3 is 43.6 Å². The molecule has 0 amide bonds. The summed E-state index contributed by atoms with van der Waals surface area (Å²) >= 11 is 0. The summed E-state index contributed by atoms with van der Waals surface area (Å²) in [6.07, 6.45) is 1.09. The number of esters is 6. The molecule has 0 spiro atoms. The van der Waals surface area contributed by atoms with Crippen molar-refractivity contribution in [3.8, 4) is 17.2 Å². The number of benzene rings is 3. The van der Waals surface area contributed by atoms with Crippen LogP contribution in [0.2, 0.25) is 0 Å². The van der Waals surface area contributed by atoms with Crippen molar-refractivity contribution >= 4 is 43.6 Å². The molecule has 0 radical (unpaired) electrons. The molecule has 0 N–H and O–H groups in total. The fourth-order valence-electron chi connectivity index (χ4n) is 9.17. The van der Waals surface area contributed by atoms with Crippen LogP contribution in [0.15, 0.2) is 72.9 Å². The predicted octanol–water partition coefficient (Wildman–Crippen LogP) is 12.1. The Labute approximate surface area is 472 Å². The molecule has 3 rings (SSSR count). The average molecular weight is 1130 g/mol. The van der Waals surface area contributed by atoms with Crippen LogP contribution in [0.1, 0.15) is 125 Å². The Kier molecular flexibility index (Phi) is 24.8. The van der Waals surface area contributed by atoms with Crippen molar-refractivity contribution in [2.45, 2.75) is 142 Å². The van der Waals surface area contributed by atoms with E-state index in [1.54, 1.807) is 83.1 Å². The SMILES string of the molecule is C=C(C)C(=O)OCCc1c(C)c(CCOC(=O)C(=C)C)c(C)c(OP(=O)(Oc2c(C)c(CCOC(=O)C(=C)C)c(C)c(CCOC(=O)C(=C)C)c2C)Oc2c(C)c(CCOC(=O)C(=C)C)c(C)c(CCOC(=O)C(=C)C)c2C)c1C. The van der Waals surface area contributed by atoms with Crippen LogP contribution < -0.4 is 13.6 Å². The fourth-order valence-corrected chi connectivity index (χ4v) is 10.8. The second-order valence-electron chi connectivity index (χ2n) is 20.2. The molecule has 0 unspecified atom stereocenters. The molecule has 0 saturated carbocycles. The molecule has 0 saturated heterocycles. The number of hydrogen-bond donors (Lipinski definition) is 0. The smallest absolute Gasteiger partial charge is 0.462 e. The van der Waals surface area contributed by atoms with Crippen LogP contribution in [0.25, 0.3) is 0 Å². The monoisotopic (exact) mass is 1120 g/mol. The highest BCUT2D eigenvalue weighted by atomic mass is 31.2. The van der Waals surface area contributed by atoms with Crippen LogP contribution in [-0.2, 0) is 100 Å². The van der Waals surface area contributed by atoms with Gasteiger partial charge in [-0.05, 0) is 187 Å². The van der Waals surface area contributed by atoms with Crippen molar-refractivity contribution in [3.05, 3.63) is 156 Å². The first-order valence-corrected chi connectivity index (χ1v) is 27.7. The van der Waals surface area contributed by atoms with Gasteiger partial charge in [-0.15, -0.1) is 0 Å². The molecule has 80 heavy (non-hydrogen) atoms. The third kappa shape index (κ3) is 17.5. The van der Waals surface area contributed by atoms with Crippen LogP contribution >= 0.6 is 7.82 Å². The minimum Gasteiger partial charge on any atom is -0.462 e. The van der Waals surface area contributed by atoms with Crippen molar-refractivity contribution in [1.29, 1.82) is 0 Å². The highest BCUT2D eigenvalue weighted by molar-refractivity contribution is 7.49. The second kappa shape index (κ2) is 29.7. The number of rotatable bonds is 30. The first kappa shape index (κ1) is 66.8. The topological polar surface area (TPSA) is 203 Å². The zero-order valence-electron chi connectivity index (χ0n) is 49.7. The van der Waals surface area contributed by atoms with Crippen LogP contribution in [0.5, 0.6) is 17.2 Å². The van der Waals surface area contributed by atoms with E-state index in [2.05, 4.69) is 39.5 Å². The molecular weight excluding hydrogens is 1040 g/mol. The number of hydrogen-bond acceptors (Lipinski definition) is 16. The molecule has 17 heteroatoms. The Morgan fingerprint density at radius 3 is 0.550 bits per heavy atom. The second-order valence-corrected chi connectivity index (χ2v) is 21.6. The molecule has 0 aliphatic carbocycles. The number of ether oxygens (including phenoxy) is 6. The quantitative estimate of drug-likeness (QED) is 0.0264. The molecule has 0 fully saturated rings. The Hall–Kier alpha value is -7.45. The van der Waals surface area contributed by atoms with E-state index >= 15 is 4.57 Å². The molecular formula is C63H81O16P. The van der Waals surface area contributed by atoms with E-state index in [4.69, 9.17) is 42.0 Å².